The van der Waals surface area contributed by atoms with E-state index in [1.807, 2.05) is 75.4 Å². The maximum Gasteiger partial charge on any atom is 0.251 e. The first-order valence-electron chi connectivity index (χ1n) is 10.8. The summed E-state index contributed by atoms with van der Waals surface area (Å²) in [5.41, 5.74) is 3.88. The maximum absolute atomic E-state index is 12.8. The Morgan fingerprint density at radius 2 is 1.77 bits per heavy atom. The molecule has 0 spiro atoms. The number of ether oxygens (including phenoxy) is 2. The van der Waals surface area contributed by atoms with Crippen molar-refractivity contribution in [3.63, 3.8) is 0 Å². The second kappa shape index (κ2) is 11.2. The summed E-state index contributed by atoms with van der Waals surface area (Å²) in [6.45, 7) is 6.91. The number of rotatable bonds is 10. The van der Waals surface area contributed by atoms with E-state index in [1.165, 1.54) is 5.56 Å². The van der Waals surface area contributed by atoms with E-state index in [4.69, 9.17) is 9.47 Å². The third kappa shape index (κ3) is 6.88. The van der Waals surface area contributed by atoms with Gasteiger partial charge in [-0.05, 0) is 75.1 Å². The summed E-state index contributed by atoms with van der Waals surface area (Å²) < 4.78 is 11.7. The highest BCUT2D eigenvalue weighted by Gasteiger charge is 2.14. The van der Waals surface area contributed by atoms with Crippen molar-refractivity contribution in [2.24, 2.45) is 0 Å². The molecular formula is C27H31NO3. The molecular weight excluding hydrogens is 386 g/mol. The van der Waals surface area contributed by atoms with E-state index >= 15 is 0 Å². The quantitative estimate of drug-likeness (QED) is 0.459. The summed E-state index contributed by atoms with van der Waals surface area (Å²) in [4.78, 5) is 12.8. The highest BCUT2D eigenvalue weighted by atomic mass is 16.5. The summed E-state index contributed by atoms with van der Waals surface area (Å²) >= 11 is 0. The summed E-state index contributed by atoms with van der Waals surface area (Å²) in [7, 11) is 0. The van der Waals surface area contributed by atoms with Gasteiger partial charge in [0, 0.05) is 17.2 Å². The van der Waals surface area contributed by atoms with Crippen molar-refractivity contribution >= 4 is 5.91 Å². The van der Waals surface area contributed by atoms with Gasteiger partial charge in [0.25, 0.3) is 5.91 Å². The van der Waals surface area contributed by atoms with E-state index < -0.39 is 0 Å². The summed E-state index contributed by atoms with van der Waals surface area (Å²) in [6.07, 6.45) is 1.82. The fourth-order valence-corrected chi connectivity index (χ4v) is 3.40. The molecule has 4 heteroatoms. The molecule has 0 aliphatic carbocycles. The van der Waals surface area contributed by atoms with E-state index in [0.717, 1.165) is 35.5 Å². The van der Waals surface area contributed by atoms with Gasteiger partial charge >= 0.3 is 0 Å². The molecule has 31 heavy (non-hydrogen) atoms. The third-order valence-electron chi connectivity index (χ3n) is 5.09. The first kappa shape index (κ1) is 22.4. The monoisotopic (exact) mass is 417 g/mol. The number of aryl methyl sites for hydroxylation is 2. The molecule has 0 unspecified atom stereocenters. The Kier molecular flexibility index (Phi) is 8.11. The molecule has 1 amide bonds. The van der Waals surface area contributed by atoms with Crippen molar-refractivity contribution in [1.29, 1.82) is 0 Å². The predicted octanol–water partition coefficient (Wildman–Crippen LogP) is 5.72. The van der Waals surface area contributed by atoms with Gasteiger partial charge in [0.2, 0.25) is 0 Å². The minimum atomic E-state index is -0.0829. The van der Waals surface area contributed by atoms with Crippen LogP contribution in [0.5, 0.6) is 11.5 Å². The minimum Gasteiger partial charge on any atom is -0.493 e. The standard InChI is InChI=1S/C27H31NO3/c1-4-30-26-16-15-23(18-24(26)19-31-25-12-8-9-20(2)17-25)27(29)28-21(3)13-14-22-10-6-5-7-11-22/h5-12,15-18,21H,4,13-14,19H2,1-3H3,(H,28,29)/t21-/m1/s1. The van der Waals surface area contributed by atoms with Gasteiger partial charge in [-0.3, -0.25) is 4.79 Å². The SMILES string of the molecule is CCOc1ccc(C(=O)N[C@H](C)CCc2ccccc2)cc1COc1cccc(C)c1. The lowest BCUT2D eigenvalue weighted by molar-refractivity contribution is 0.0938. The number of benzene rings is 3. The molecule has 0 heterocycles. The number of hydrogen-bond acceptors (Lipinski definition) is 3. The number of carbonyl (C=O) groups excluding carboxylic acids is 1. The van der Waals surface area contributed by atoms with Gasteiger partial charge in [-0.15, -0.1) is 0 Å². The molecule has 4 nitrogen and oxygen atoms in total. The molecule has 3 aromatic rings. The van der Waals surface area contributed by atoms with Crippen LogP contribution in [0.25, 0.3) is 0 Å². The lowest BCUT2D eigenvalue weighted by Crippen LogP contribution is -2.33. The Morgan fingerprint density at radius 1 is 0.968 bits per heavy atom. The van der Waals surface area contributed by atoms with Gasteiger partial charge in [-0.2, -0.15) is 0 Å². The van der Waals surface area contributed by atoms with Crippen molar-refractivity contribution in [3.8, 4) is 11.5 Å². The van der Waals surface area contributed by atoms with Crippen molar-refractivity contribution < 1.29 is 14.3 Å². The van der Waals surface area contributed by atoms with Crippen LogP contribution >= 0.6 is 0 Å². The molecule has 0 fully saturated rings. The van der Waals surface area contributed by atoms with E-state index in [0.29, 0.717) is 18.8 Å². The van der Waals surface area contributed by atoms with Crippen molar-refractivity contribution in [1.82, 2.24) is 5.32 Å². The Labute approximate surface area is 185 Å². The Morgan fingerprint density at radius 3 is 2.52 bits per heavy atom. The van der Waals surface area contributed by atoms with Gasteiger partial charge < -0.3 is 14.8 Å². The van der Waals surface area contributed by atoms with Crippen LogP contribution < -0.4 is 14.8 Å². The van der Waals surface area contributed by atoms with Crippen LogP contribution in [-0.2, 0) is 13.0 Å². The number of amides is 1. The smallest absolute Gasteiger partial charge is 0.251 e. The minimum absolute atomic E-state index is 0.0752. The fraction of sp³-hybridized carbons (Fsp3) is 0.296. The first-order valence-corrected chi connectivity index (χ1v) is 10.8. The molecule has 3 rings (SSSR count). The molecule has 0 aromatic heterocycles. The van der Waals surface area contributed by atoms with E-state index in [-0.39, 0.29) is 11.9 Å². The van der Waals surface area contributed by atoms with Crippen LogP contribution in [0.15, 0.2) is 72.8 Å². The molecule has 162 valence electrons. The molecule has 0 saturated carbocycles. The third-order valence-corrected chi connectivity index (χ3v) is 5.09. The highest BCUT2D eigenvalue weighted by Crippen LogP contribution is 2.23. The fourth-order valence-electron chi connectivity index (χ4n) is 3.40. The lowest BCUT2D eigenvalue weighted by Gasteiger charge is -2.16. The topological polar surface area (TPSA) is 47.6 Å². The van der Waals surface area contributed by atoms with Crippen molar-refractivity contribution in [2.75, 3.05) is 6.61 Å². The average Bonchev–Trinajstić information content (AvgIpc) is 2.78. The molecule has 0 aliphatic heterocycles. The number of carbonyl (C=O) groups is 1. The highest BCUT2D eigenvalue weighted by molar-refractivity contribution is 5.94. The van der Waals surface area contributed by atoms with E-state index in [1.54, 1.807) is 6.07 Å². The molecule has 0 saturated heterocycles. The molecule has 0 aliphatic rings. The van der Waals surface area contributed by atoms with Gasteiger partial charge in [-0.1, -0.05) is 42.5 Å². The largest absolute Gasteiger partial charge is 0.493 e. The second-order valence-corrected chi connectivity index (χ2v) is 7.76. The normalized spacial score (nSPS) is 11.6. The predicted molar refractivity (Wildman–Crippen MR) is 125 cm³/mol. The summed E-state index contributed by atoms with van der Waals surface area (Å²) in [5.74, 6) is 1.45. The molecule has 1 N–H and O–H groups in total. The zero-order valence-electron chi connectivity index (χ0n) is 18.6. The van der Waals surface area contributed by atoms with Crippen LogP contribution in [0.4, 0.5) is 0 Å². The maximum atomic E-state index is 12.8. The van der Waals surface area contributed by atoms with Crippen LogP contribution in [0.1, 0.15) is 47.3 Å². The summed E-state index contributed by atoms with van der Waals surface area (Å²) in [5, 5.41) is 3.11. The summed E-state index contributed by atoms with van der Waals surface area (Å²) in [6, 6.07) is 23.8. The number of nitrogens with one attached hydrogen (secondary N) is 1. The lowest BCUT2D eigenvalue weighted by atomic mass is 10.1. The van der Waals surface area contributed by atoms with Crippen LogP contribution in [-0.4, -0.2) is 18.6 Å². The van der Waals surface area contributed by atoms with Crippen LogP contribution in [0, 0.1) is 6.92 Å². The van der Waals surface area contributed by atoms with Gasteiger partial charge in [0.05, 0.1) is 6.61 Å². The van der Waals surface area contributed by atoms with Gasteiger partial charge in [0.1, 0.15) is 18.1 Å². The molecule has 0 radical (unpaired) electrons. The zero-order chi connectivity index (χ0) is 22.1. The van der Waals surface area contributed by atoms with Crippen molar-refractivity contribution in [3.05, 3.63) is 95.1 Å². The van der Waals surface area contributed by atoms with Crippen LogP contribution in [0.2, 0.25) is 0 Å². The molecule has 0 bridgehead atoms. The Hall–Kier alpha value is -3.27. The zero-order valence-corrected chi connectivity index (χ0v) is 18.6. The van der Waals surface area contributed by atoms with Crippen molar-refractivity contribution in [2.45, 2.75) is 46.3 Å². The van der Waals surface area contributed by atoms with Crippen LogP contribution in [0.3, 0.4) is 0 Å². The second-order valence-electron chi connectivity index (χ2n) is 7.76. The average molecular weight is 418 g/mol. The Bertz CT molecular complexity index is 985. The van der Waals surface area contributed by atoms with Gasteiger partial charge in [-0.25, -0.2) is 0 Å². The van der Waals surface area contributed by atoms with Gasteiger partial charge in [0.15, 0.2) is 0 Å². The van der Waals surface area contributed by atoms with E-state index in [9.17, 15) is 4.79 Å². The Balaban J connectivity index is 1.64. The molecule has 1 atom stereocenters. The molecule has 3 aromatic carbocycles. The number of hydrogen-bond donors (Lipinski definition) is 1. The first-order chi connectivity index (χ1) is 15.0. The van der Waals surface area contributed by atoms with E-state index in [2.05, 4.69) is 17.4 Å².